The Morgan fingerprint density at radius 3 is 2.76 bits per heavy atom. The molecule has 0 radical (unpaired) electrons. The van der Waals surface area contributed by atoms with Crippen molar-refractivity contribution < 1.29 is 9.53 Å². The molecule has 0 N–H and O–H groups in total. The van der Waals surface area contributed by atoms with E-state index in [0.29, 0.717) is 29.5 Å². The van der Waals surface area contributed by atoms with E-state index in [0.717, 1.165) is 32.1 Å². The van der Waals surface area contributed by atoms with E-state index in [4.69, 9.17) is 4.74 Å². The van der Waals surface area contributed by atoms with E-state index in [2.05, 4.69) is 19.9 Å². The van der Waals surface area contributed by atoms with Gasteiger partial charge in [-0.1, -0.05) is 19.4 Å². The van der Waals surface area contributed by atoms with Crippen LogP contribution in [-0.4, -0.2) is 19.0 Å². The molecular weight excluding hydrogens is 310 g/mol. The van der Waals surface area contributed by atoms with Crippen molar-refractivity contribution in [2.24, 2.45) is 34.5 Å². The van der Waals surface area contributed by atoms with Gasteiger partial charge in [0.1, 0.15) is 5.78 Å². The predicted octanol–water partition coefficient (Wildman–Crippen LogP) is 4.67. The number of nitrogens with zero attached hydrogens (tertiary/aromatic N) is 1. The van der Waals surface area contributed by atoms with Crippen molar-refractivity contribution in [2.75, 3.05) is 7.11 Å². The topological polar surface area (TPSA) is 50.1 Å². The molecule has 0 aromatic carbocycles. The van der Waals surface area contributed by atoms with Crippen LogP contribution in [0.4, 0.5) is 0 Å². The summed E-state index contributed by atoms with van der Waals surface area (Å²) < 4.78 is 6.11. The summed E-state index contributed by atoms with van der Waals surface area (Å²) in [7, 11) is 1.87. The van der Waals surface area contributed by atoms with Crippen LogP contribution in [0.3, 0.4) is 0 Å². The molecule has 0 amide bonds. The molecule has 3 heteroatoms. The van der Waals surface area contributed by atoms with E-state index < -0.39 is 0 Å². The van der Waals surface area contributed by atoms with E-state index in [9.17, 15) is 10.1 Å². The molecule has 25 heavy (non-hydrogen) atoms. The fourth-order valence-corrected chi connectivity index (χ4v) is 7.52. The van der Waals surface area contributed by atoms with Gasteiger partial charge in [0.05, 0.1) is 12.2 Å². The van der Waals surface area contributed by atoms with Gasteiger partial charge < -0.3 is 4.74 Å². The molecule has 0 bridgehead atoms. The zero-order chi connectivity index (χ0) is 17.8. The molecule has 7 atom stereocenters. The lowest BCUT2D eigenvalue weighted by Gasteiger charge is -2.61. The van der Waals surface area contributed by atoms with E-state index in [1.54, 1.807) is 0 Å². The van der Waals surface area contributed by atoms with Gasteiger partial charge in [-0.2, -0.15) is 5.26 Å². The highest BCUT2D eigenvalue weighted by Crippen LogP contribution is 2.67. The molecule has 4 saturated carbocycles. The fraction of sp³-hybridized carbons (Fsp3) is 0.818. The van der Waals surface area contributed by atoms with E-state index >= 15 is 0 Å². The Morgan fingerprint density at radius 1 is 1.24 bits per heavy atom. The van der Waals surface area contributed by atoms with Crippen LogP contribution in [0.25, 0.3) is 0 Å². The Bertz CT molecular complexity index is 647. The first kappa shape index (κ1) is 17.3. The molecule has 0 unspecified atom stereocenters. The van der Waals surface area contributed by atoms with E-state index in [-0.39, 0.29) is 16.9 Å². The minimum atomic E-state index is 0.130. The molecule has 4 fully saturated rings. The fourth-order valence-electron chi connectivity index (χ4n) is 7.52. The molecular formula is C22H31NO2. The molecule has 4 rings (SSSR count). The Kier molecular flexibility index (Phi) is 4.11. The number of rotatable bonds is 1. The molecule has 0 aromatic rings. The standard InChI is InChI=1S/C22H31NO2/c1-21-10-8-16(24)12-15(21)4-6-17-18-7-5-14(9-11-23)22(18,2)13-19(25-3)20(17)21/h9,15,17-20H,4-8,10,12-13H2,1-3H3/b14-9-/t15-,17-,18-,19-,20+,21-,22+/m0/s1. The second kappa shape index (κ2) is 5.95. The van der Waals surface area contributed by atoms with Gasteiger partial charge in [-0.25, -0.2) is 0 Å². The van der Waals surface area contributed by atoms with Crippen molar-refractivity contribution in [3.63, 3.8) is 0 Å². The second-order valence-electron chi connectivity index (χ2n) is 9.55. The van der Waals surface area contributed by atoms with Gasteiger partial charge in [-0.3, -0.25) is 4.79 Å². The molecule has 3 nitrogen and oxygen atoms in total. The molecule has 0 aromatic heterocycles. The minimum absolute atomic E-state index is 0.130. The molecule has 0 heterocycles. The molecule has 4 aliphatic carbocycles. The summed E-state index contributed by atoms with van der Waals surface area (Å²) in [5.41, 5.74) is 1.73. The Hall–Kier alpha value is -1.14. The van der Waals surface area contributed by atoms with Crippen LogP contribution in [-0.2, 0) is 9.53 Å². The highest BCUT2D eigenvalue weighted by molar-refractivity contribution is 5.79. The summed E-state index contributed by atoms with van der Waals surface area (Å²) >= 11 is 0. The van der Waals surface area contributed by atoms with Crippen molar-refractivity contribution in [2.45, 2.75) is 71.3 Å². The maximum absolute atomic E-state index is 12.1. The zero-order valence-corrected chi connectivity index (χ0v) is 15.9. The number of ether oxygens (including phenoxy) is 1. The largest absolute Gasteiger partial charge is 0.381 e. The normalized spacial score (nSPS) is 50.7. The van der Waals surface area contributed by atoms with Gasteiger partial charge in [-0.15, -0.1) is 0 Å². The van der Waals surface area contributed by atoms with Crippen LogP contribution in [0.15, 0.2) is 11.6 Å². The number of hydrogen-bond acceptors (Lipinski definition) is 3. The first-order valence-electron chi connectivity index (χ1n) is 10.1. The summed E-state index contributed by atoms with van der Waals surface area (Å²) in [6.07, 6.45) is 10.4. The van der Waals surface area contributed by atoms with Crippen LogP contribution in [0.2, 0.25) is 0 Å². The number of fused-ring (bicyclic) bond motifs is 5. The number of ketones is 1. The number of allylic oxidation sites excluding steroid dienone is 2. The first-order chi connectivity index (χ1) is 11.9. The van der Waals surface area contributed by atoms with E-state index in [1.807, 2.05) is 13.2 Å². The minimum Gasteiger partial charge on any atom is -0.381 e. The highest BCUT2D eigenvalue weighted by atomic mass is 16.5. The Morgan fingerprint density at radius 2 is 2.04 bits per heavy atom. The van der Waals surface area contributed by atoms with E-state index in [1.165, 1.54) is 24.8 Å². The van der Waals surface area contributed by atoms with Crippen molar-refractivity contribution in [1.29, 1.82) is 5.26 Å². The van der Waals surface area contributed by atoms with Crippen molar-refractivity contribution >= 4 is 5.78 Å². The third kappa shape index (κ3) is 2.36. The van der Waals surface area contributed by atoms with Crippen LogP contribution in [0, 0.1) is 45.8 Å². The summed E-state index contributed by atoms with van der Waals surface area (Å²) in [4.78, 5) is 12.1. The number of carbonyl (C=O) groups is 1. The molecule has 0 spiro atoms. The van der Waals surface area contributed by atoms with Crippen LogP contribution in [0.5, 0.6) is 0 Å². The van der Waals surface area contributed by atoms with Crippen LogP contribution >= 0.6 is 0 Å². The quantitative estimate of drug-likeness (QED) is 0.651. The summed E-state index contributed by atoms with van der Waals surface area (Å²) in [6.45, 7) is 4.84. The number of hydrogen-bond donors (Lipinski definition) is 0. The van der Waals surface area contributed by atoms with Crippen LogP contribution in [0.1, 0.15) is 65.2 Å². The molecule has 136 valence electrons. The predicted molar refractivity (Wildman–Crippen MR) is 96.6 cm³/mol. The van der Waals surface area contributed by atoms with Crippen molar-refractivity contribution in [3.8, 4) is 6.07 Å². The maximum Gasteiger partial charge on any atom is 0.133 e. The molecule has 4 aliphatic rings. The van der Waals surface area contributed by atoms with Gasteiger partial charge in [0.2, 0.25) is 0 Å². The van der Waals surface area contributed by atoms with Gasteiger partial charge >= 0.3 is 0 Å². The Balaban J connectivity index is 1.72. The zero-order valence-electron chi connectivity index (χ0n) is 15.9. The van der Waals surface area contributed by atoms with Gasteiger partial charge in [0, 0.05) is 26.0 Å². The average molecular weight is 341 g/mol. The maximum atomic E-state index is 12.1. The summed E-state index contributed by atoms with van der Waals surface area (Å²) in [6, 6.07) is 2.29. The number of Topliss-reactive ketones (excluding diaryl/α,β-unsaturated/α-hetero) is 1. The van der Waals surface area contributed by atoms with Crippen molar-refractivity contribution in [3.05, 3.63) is 11.6 Å². The monoisotopic (exact) mass is 341 g/mol. The van der Waals surface area contributed by atoms with Gasteiger partial charge in [-0.05, 0) is 73.0 Å². The lowest BCUT2D eigenvalue weighted by Crippen LogP contribution is -2.58. The third-order valence-corrected chi connectivity index (χ3v) is 8.78. The SMILES string of the molecule is CO[C@H]1C[C@]2(C)/C(=C\C#N)CC[C@H]2[C@@H]2CC[C@H]3CC(=O)CC[C@]3(C)[C@H]21. The van der Waals surface area contributed by atoms with Gasteiger partial charge in [0.15, 0.2) is 0 Å². The second-order valence-corrected chi connectivity index (χ2v) is 9.55. The highest BCUT2D eigenvalue weighted by Gasteiger charge is 2.62. The number of methoxy groups -OCH3 is 1. The number of nitriles is 1. The van der Waals surface area contributed by atoms with Crippen LogP contribution < -0.4 is 0 Å². The smallest absolute Gasteiger partial charge is 0.133 e. The lowest BCUT2D eigenvalue weighted by atomic mass is 9.44. The number of carbonyl (C=O) groups excluding carboxylic acids is 1. The summed E-state index contributed by atoms with van der Waals surface area (Å²) in [5, 5.41) is 9.22. The first-order valence-corrected chi connectivity index (χ1v) is 10.1. The average Bonchev–Trinajstić information content (AvgIpc) is 2.91. The lowest BCUT2D eigenvalue weighted by molar-refractivity contribution is -0.170. The van der Waals surface area contributed by atoms with Gasteiger partial charge in [0.25, 0.3) is 0 Å². The third-order valence-electron chi connectivity index (χ3n) is 8.78. The summed E-state index contributed by atoms with van der Waals surface area (Å²) in [5.74, 6) is 2.95. The Labute approximate surface area is 151 Å². The molecule has 0 saturated heterocycles. The van der Waals surface area contributed by atoms with Crippen molar-refractivity contribution in [1.82, 2.24) is 0 Å². The molecule has 0 aliphatic heterocycles.